The Kier molecular flexibility index (Phi) is 3.35. The van der Waals surface area contributed by atoms with Crippen molar-refractivity contribution >= 4 is 15.9 Å². The number of hydrogen-bond donors (Lipinski definition) is 0. The molecule has 0 aliphatic heterocycles. The van der Waals surface area contributed by atoms with Gasteiger partial charge in [-0.25, -0.2) is 4.39 Å². The first-order chi connectivity index (χ1) is 9.61. The summed E-state index contributed by atoms with van der Waals surface area (Å²) in [5.41, 5.74) is 1.51. The lowest BCUT2D eigenvalue weighted by atomic mass is 10.2. The van der Waals surface area contributed by atoms with E-state index in [1.54, 1.807) is 16.9 Å². The SMILES string of the molecule is Cn1cc(Cc2nnc(-c3cc(F)ccc3Br)o2)cn1. The molecule has 0 radical (unpaired) electrons. The fourth-order valence-corrected chi connectivity index (χ4v) is 2.25. The van der Waals surface area contributed by atoms with Crippen LogP contribution in [-0.2, 0) is 13.5 Å². The first-order valence-corrected chi connectivity index (χ1v) is 6.66. The zero-order chi connectivity index (χ0) is 14.1. The Labute approximate surface area is 122 Å². The molecule has 0 saturated carbocycles. The lowest BCUT2D eigenvalue weighted by molar-refractivity contribution is 0.517. The van der Waals surface area contributed by atoms with Gasteiger partial charge in [-0.15, -0.1) is 10.2 Å². The third kappa shape index (κ3) is 2.62. The molecule has 0 N–H and O–H groups in total. The lowest BCUT2D eigenvalue weighted by Crippen LogP contribution is -1.87. The van der Waals surface area contributed by atoms with E-state index in [2.05, 4.69) is 31.2 Å². The van der Waals surface area contributed by atoms with E-state index in [0.29, 0.717) is 22.3 Å². The quantitative estimate of drug-likeness (QED) is 0.737. The molecule has 5 nitrogen and oxygen atoms in total. The Morgan fingerprint density at radius 1 is 1.35 bits per heavy atom. The van der Waals surface area contributed by atoms with Crippen molar-refractivity contribution in [1.82, 2.24) is 20.0 Å². The van der Waals surface area contributed by atoms with E-state index < -0.39 is 0 Å². The molecule has 0 atom stereocenters. The predicted octanol–water partition coefficient (Wildman–Crippen LogP) is 2.96. The van der Waals surface area contributed by atoms with Crippen LogP contribution in [0.1, 0.15) is 11.5 Å². The molecule has 0 aliphatic rings. The Morgan fingerprint density at radius 3 is 2.95 bits per heavy atom. The Hall–Kier alpha value is -2.02. The van der Waals surface area contributed by atoms with Gasteiger partial charge >= 0.3 is 0 Å². The summed E-state index contributed by atoms with van der Waals surface area (Å²) < 4.78 is 21.2. The summed E-state index contributed by atoms with van der Waals surface area (Å²) in [6, 6.07) is 4.32. The maximum absolute atomic E-state index is 13.3. The Morgan fingerprint density at radius 2 is 2.20 bits per heavy atom. The highest BCUT2D eigenvalue weighted by atomic mass is 79.9. The number of aromatic nitrogens is 4. The molecule has 1 aromatic carbocycles. The topological polar surface area (TPSA) is 56.7 Å². The van der Waals surface area contributed by atoms with Gasteiger partial charge in [0.2, 0.25) is 11.8 Å². The van der Waals surface area contributed by atoms with Gasteiger partial charge in [0.1, 0.15) is 5.82 Å². The largest absolute Gasteiger partial charge is 0.420 e. The van der Waals surface area contributed by atoms with Gasteiger partial charge in [0.05, 0.1) is 18.2 Å². The molecule has 102 valence electrons. The van der Waals surface area contributed by atoms with E-state index in [1.807, 2.05) is 13.2 Å². The van der Waals surface area contributed by atoms with Crippen molar-refractivity contribution in [2.45, 2.75) is 6.42 Å². The fraction of sp³-hybridized carbons (Fsp3) is 0.154. The van der Waals surface area contributed by atoms with E-state index in [4.69, 9.17) is 4.42 Å². The van der Waals surface area contributed by atoms with Crippen LogP contribution in [0.25, 0.3) is 11.5 Å². The molecule has 0 amide bonds. The minimum Gasteiger partial charge on any atom is -0.420 e. The van der Waals surface area contributed by atoms with Gasteiger partial charge < -0.3 is 4.42 Å². The molecule has 2 heterocycles. The predicted molar refractivity (Wildman–Crippen MR) is 73.4 cm³/mol. The third-order valence-corrected chi connectivity index (χ3v) is 3.43. The molecule has 0 fully saturated rings. The van der Waals surface area contributed by atoms with Gasteiger partial charge in [0.25, 0.3) is 0 Å². The van der Waals surface area contributed by atoms with E-state index in [1.165, 1.54) is 12.1 Å². The fourth-order valence-electron chi connectivity index (χ4n) is 1.83. The van der Waals surface area contributed by atoms with Crippen LogP contribution in [0.5, 0.6) is 0 Å². The highest BCUT2D eigenvalue weighted by Gasteiger charge is 2.13. The van der Waals surface area contributed by atoms with E-state index >= 15 is 0 Å². The maximum atomic E-state index is 13.3. The van der Waals surface area contributed by atoms with Crippen LogP contribution in [0.15, 0.2) is 39.5 Å². The summed E-state index contributed by atoms with van der Waals surface area (Å²) in [5.74, 6) is 0.398. The first kappa shape index (κ1) is 13.0. The van der Waals surface area contributed by atoms with Crippen molar-refractivity contribution in [2.75, 3.05) is 0 Å². The molecule has 3 aromatic rings. The summed E-state index contributed by atoms with van der Waals surface area (Å²) in [7, 11) is 1.84. The van der Waals surface area contributed by atoms with Crippen molar-refractivity contribution in [2.24, 2.45) is 7.05 Å². The molecule has 0 aliphatic carbocycles. The molecule has 3 rings (SSSR count). The molecule has 2 aromatic heterocycles. The van der Waals surface area contributed by atoms with Crippen molar-refractivity contribution in [3.63, 3.8) is 0 Å². The molecule has 0 saturated heterocycles. The highest BCUT2D eigenvalue weighted by Crippen LogP contribution is 2.28. The second-order valence-corrected chi connectivity index (χ2v) is 5.18. The van der Waals surface area contributed by atoms with Gasteiger partial charge in [-0.05, 0) is 39.7 Å². The van der Waals surface area contributed by atoms with Crippen LogP contribution < -0.4 is 0 Å². The highest BCUT2D eigenvalue weighted by molar-refractivity contribution is 9.10. The minimum atomic E-state index is -0.352. The first-order valence-electron chi connectivity index (χ1n) is 5.87. The zero-order valence-electron chi connectivity index (χ0n) is 10.5. The van der Waals surface area contributed by atoms with Crippen molar-refractivity contribution in [3.05, 3.63) is 52.3 Å². The average Bonchev–Trinajstić information content (AvgIpc) is 3.02. The van der Waals surface area contributed by atoms with Gasteiger partial charge in [-0.1, -0.05) is 0 Å². The number of benzene rings is 1. The van der Waals surface area contributed by atoms with E-state index in [-0.39, 0.29) is 11.7 Å². The molecule has 0 unspecified atom stereocenters. The van der Waals surface area contributed by atoms with Crippen LogP contribution in [0, 0.1) is 5.82 Å². The van der Waals surface area contributed by atoms with Crippen molar-refractivity contribution < 1.29 is 8.81 Å². The molecular formula is C13H10BrFN4O. The van der Waals surface area contributed by atoms with Gasteiger partial charge in [0.15, 0.2) is 0 Å². The van der Waals surface area contributed by atoms with E-state index in [9.17, 15) is 4.39 Å². The molecule has 0 spiro atoms. The second-order valence-electron chi connectivity index (χ2n) is 4.32. The minimum absolute atomic E-state index is 0.287. The van der Waals surface area contributed by atoms with E-state index in [0.717, 1.165) is 5.56 Å². The summed E-state index contributed by atoms with van der Waals surface area (Å²) in [5, 5.41) is 12.0. The molecular weight excluding hydrogens is 327 g/mol. The smallest absolute Gasteiger partial charge is 0.248 e. The standard InChI is InChI=1S/C13H10BrFN4O/c1-19-7-8(6-16-19)4-12-17-18-13(20-12)10-5-9(15)2-3-11(10)14/h2-3,5-7H,4H2,1H3. The van der Waals surface area contributed by atoms with Crippen LogP contribution in [-0.4, -0.2) is 20.0 Å². The Balaban J connectivity index is 1.88. The monoisotopic (exact) mass is 336 g/mol. The number of rotatable bonds is 3. The van der Waals surface area contributed by atoms with Gasteiger partial charge in [-0.2, -0.15) is 5.10 Å². The third-order valence-electron chi connectivity index (χ3n) is 2.74. The van der Waals surface area contributed by atoms with Gasteiger partial charge in [-0.3, -0.25) is 4.68 Å². The lowest BCUT2D eigenvalue weighted by Gasteiger charge is -1.98. The molecule has 0 bridgehead atoms. The van der Waals surface area contributed by atoms with Crippen LogP contribution in [0.4, 0.5) is 4.39 Å². The molecule has 20 heavy (non-hydrogen) atoms. The second kappa shape index (κ2) is 5.16. The van der Waals surface area contributed by atoms with Crippen LogP contribution in [0.2, 0.25) is 0 Å². The van der Waals surface area contributed by atoms with Crippen molar-refractivity contribution in [3.8, 4) is 11.5 Å². The van der Waals surface area contributed by atoms with Gasteiger partial charge in [0, 0.05) is 17.7 Å². The summed E-state index contributed by atoms with van der Waals surface area (Å²) in [6.45, 7) is 0. The summed E-state index contributed by atoms with van der Waals surface area (Å²) in [4.78, 5) is 0. The zero-order valence-corrected chi connectivity index (χ0v) is 12.1. The van der Waals surface area contributed by atoms with Crippen LogP contribution >= 0.6 is 15.9 Å². The number of nitrogens with zero attached hydrogens (tertiary/aromatic N) is 4. The molecule has 7 heteroatoms. The maximum Gasteiger partial charge on any atom is 0.248 e. The normalized spacial score (nSPS) is 10.9. The Bertz CT molecular complexity index is 752. The number of aryl methyl sites for hydroxylation is 1. The summed E-state index contributed by atoms with van der Waals surface area (Å²) in [6.07, 6.45) is 4.11. The number of hydrogen-bond acceptors (Lipinski definition) is 4. The van der Waals surface area contributed by atoms with Crippen LogP contribution in [0.3, 0.4) is 0 Å². The van der Waals surface area contributed by atoms with Crippen molar-refractivity contribution in [1.29, 1.82) is 0 Å². The summed E-state index contributed by atoms with van der Waals surface area (Å²) >= 11 is 3.34. The average molecular weight is 337 g/mol. The number of halogens is 2.